The zero-order chi connectivity index (χ0) is 14.7. The van der Waals surface area contributed by atoms with Gasteiger partial charge in [0.25, 0.3) is 5.91 Å². The van der Waals surface area contributed by atoms with E-state index in [0.29, 0.717) is 0 Å². The number of halogens is 1. The number of nitrogens with one attached hydrogen (secondary N) is 1. The molecule has 0 aliphatic carbocycles. The number of aromatic nitrogens is 1. The van der Waals surface area contributed by atoms with Gasteiger partial charge in [-0.3, -0.25) is 4.79 Å². The fraction of sp³-hybridized carbons (Fsp3) is 0. The molecule has 1 aromatic heterocycles. The zero-order valence-electron chi connectivity index (χ0n) is 10.0. The normalized spacial score (nSPS) is 10.1. The first-order chi connectivity index (χ1) is 9.49. The Morgan fingerprint density at radius 1 is 1.25 bits per heavy atom. The van der Waals surface area contributed by atoms with Gasteiger partial charge >= 0.3 is 5.97 Å². The molecule has 0 unspecified atom stereocenters. The highest BCUT2D eigenvalue weighted by Crippen LogP contribution is 2.23. The summed E-state index contributed by atoms with van der Waals surface area (Å²) in [7, 11) is 0. The number of anilines is 1. The van der Waals surface area contributed by atoms with Gasteiger partial charge in [-0.15, -0.1) is 0 Å². The lowest BCUT2D eigenvalue weighted by atomic mass is 10.2. The van der Waals surface area contributed by atoms with E-state index in [1.165, 1.54) is 36.5 Å². The Morgan fingerprint density at radius 3 is 2.65 bits per heavy atom. The number of benzene rings is 1. The summed E-state index contributed by atoms with van der Waals surface area (Å²) in [5, 5.41) is 21.3. The van der Waals surface area contributed by atoms with Gasteiger partial charge in [0.1, 0.15) is 5.75 Å². The molecule has 1 heterocycles. The van der Waals surface area contributed by atoms with Crippen molar-refractivity contribution in [3.63, 3.8) is 0 Å². The molecule has 0 spiro atoms. The maximum Gasteiger partial charge on any atom is 0.356 e. The van der Waals surface area contributed by atoms with Crippen LogP contribution in [0.2, 0.25) is 5.02 Å². The van der Waals surface area contributed by atoms with Crippen molar-refractivity contribution in [2.45, 2.75) is 0 Å². The Labute approximate surface area is 118 Å². The van der Waals surface area contributed by atoms with Crippen LogP contribution < -0.4 is 5.32 Å². The number of phenolic OH excluding ortho intramolecular Hbond substituents is 1. The number of amides is 1. The van der Waals surface area contributed by atoms with E-state index in [-0.39, 0.29) is 27.7 Å². The number of pyridine rings is 1. The monoisotopic (exact) mass is 292 g/mol. The van der Waals surface area contributed by atoms with E-state index in [2.05, 4.69) is 10.3 Å². The Hall–Kier alpha value is -2.60. The molecule has 3 N–H and O–H groups in total. The molecule has 0 fully saturated rings. The molecule has 0 aliphatic heterocycles. The molecule has 2 rings (SSSR count). The summed E-state index contributed by atoms with van der Waals surface area (Å²) in [6.07, 6.45) is 1.30. The van der Waals surface area contributed by atoms with E-state index in [9.17, 15) is 14.7 Å². The minimum atomic E-state index is -1.26. The van der Waals surface area contributed by atoms with Crippen LogP contribution in [-0.4, -0.2) is 27.1 Å². The molecule has 6 nitrogen and oxygen atoms in total. The van der Waals surface area contributed by atoms with E-state index in [4.69, 9.17) is 16.7 Å². The predicted molar refractivity (Wildman–Crippen MR) is 72.3 cm³/mol. The third-order valence-corrected chi connectivity index (χ3v) is 2.70. The number of nitrogens with zero attached hydrogens (tertiary/aromatic N) is 1. The highest BCUT2D eigenvalue weighted by atomic mass is 35.5. The van der Waals surface area contributed by atoms with Gasteiger partial charge in [-0.1, -0.05) is 11.6 Å². The molecule has 0 saturated carbocycles. The molecule has 102 valence electrons. The number of hydrogen-bond donors (Lipinski definition) is 3. The van der Waals surface area contributed by atoms with Crippen molar-refractivity contribution in [3.8, 4) is 5.75 Å². The largest absolute Gasteiger partial charge is 0.507 e. The lowest BCUT2D eigenvalue weighted by Crippen LogP contribution is -2.15. The number of hydrogen-bond acceptors (Lipinski definition) is 4. The molecule has 0 aliphatic rings. The van der Waals surface area contributed by atoms with Crippen LogP contribution in [0.5, 0.6) is 5.75 Å². The highest BCUT2D eigenvalue weighted by Gasteiger charge is 2.16. The van der Waals surface area contributed by atoms with E-state index in [0.717, 1.165) is 0 Å². The molecule has 20 heavy (non-hydrogen) atoms. The molecule has 0 bridgehead atoms. The second kappa shape index (κ2) is 5.58. The fourth-order valence-corrected chi connectivity index (χ4v) is 1.73. The summed E-state index contributed by atoms with van der Waals surface area (Å²) >= 11 is 5.67. The van der Waals surface area contributed by atoms with Crippen molar-refractivity contribution in [1.82, 2.24) is 4.98 Å². The molecule has 0 atom stereocenters. The number of phenols is 1. The Morgan fingerprint density at radius 2 is 2.00 bits per heavy atom. The van der Waals surface area contributed by atoms with Crippen molar-refractivity contribution >= 4 is 29.2 Å². The van der Waals surface area contributed by atoms with E-state index in [1.807, 2.05) is 0 Å². The molecule has 1 amide bonds. The smallest absolute Gasteiger partial charge is 0.356 e. The quantitative estimate of drug-likeness (QED) is 0.806. The lowest BCUT2D eigenvalue weighted by molar-refractivity contribution is 0.0691. The number of aromatic carboxylic acids is 1. The Kier molecular flexibility index (Phi) is 3.86. The minimum absolute atomic E-state index is 0.0189. The van der Waals surface area contributed by atoms with Gasteiger partial charge in [-0.2, -0.15) is 0 Å². The van der Waals surface area contributed by atoms with Crippen LogP contribution in [0.3, 0.4) is 0 Å². The minimum Gasteiger partial charge on any atom is -0.507 e. The standard InChI is InChI=1S/C13H9ClN2O4/c14-7-3-4-8(10(17)6-7)12(18)16-9-2-1-5-15-11(9)13(19)20/h1-6,17H,(H,16,18)(H,19,20). The summed E-state index contributed by atoms with van der Waals surface area (Å²) < 4.78 is 0. The fourth-order valence-electron chi connectivity index (χ4n) is 1.56. The molecular weight excluding hydrogens is 284 g/mol. The van der Waals surface area contributed by atoms with Gasteiger partial charge in [0.2, 0.25) is 0 Å². The van der Waals surface area contributed by atoms with Crippen LogP contribution in [0.4, 0.5) is 5.69 Å². The molecule has 2 aromatic rings. The second-order valence-corrected chi connectivity index (χ2v) is 4.26. The number of carbonyl (C=O) groups is 2. The van der Waals surface area contributed by atoms with Gasteiger partial charge < -0.3 is 15.5 Å². The maximum absolute atomic E-state index is 12.0. The molecule has 0 saturated heterocycles. The van der Waals surface area contributed by atoms with Gasteiger partial charge in [0, 0.05) is 11.2 Å². The molecule has 1 aromatic carbocycles. The van der Waals surface area contributed by atoms with Crippen LogP contribution in [0, 0.1) is 0 Å². The van der Waals surface area contributed by atoms with Crippen molar-refractivity contribution in [2.75, 3.05) is 5.32 Å². The maximum atomic E-state index is 12.0. The summed E-state index contributed by atoms with van der Waals surface area (Å²) in [4.78, 5) is 26.6. The number of carboxylic acid groups (broad SMARTS) is 1. The van der Waals surface area contributed by atoms with Crippen molar-refractivity contribution in [1.29, 1.82) is 0 Å². The first-order valence-electron chi connectivity index (χ1n) is 5.47. The summed E-state index contributed by atoms with van der Waals surface area (Å²) in [6.45, 7) is 0. The van der Waals surface area contributed by atoms with Crippen LogP contribution in [-0.2, 0) is 0 Å². The summed E-state index contributed by atoms with van der Waals surface area (Å²) in [5.41, 5.74) is -0.261. The average molecular weight is 293 g/mol. The third kappa shape index (κ3) is 2.86. The van der Waals surface area contributed by atoms with E-state index in [1.54, 1.807) is 0 Å². The van der Waals surface area contributed by atoms with Crippen LogP contribution >= 0.6 is 11.6 Å². The van der Waals surface area contributed by atoms with E-state index < -0.39 is 11.9 Å². The number of rotatable bonds is 3. The summed E-state index contributed by atoms with van der Waals surface area (Å²) in [5.74, 6) is -2.22. The zero-order valence-corrected chi connectivity index (χ0v) is 10.8. The SMILES string of the molecule is O=C(Nc1cccnc1C(=O)O)c1ccc(Cl)cc1O. The van der Waals surface area contributed by atoms with Gasteiger partial charge in [-0.25, -0.2) is 9.78 Å². The van der Waals surface area contributed by atoms with Crippen molar-refractivity contribution < 1.29 is 19.8 Å². The van der Waals surface area contributed by atoms with E-state index >= 15 is 0 Å². The Bertz CT molecular complexity index is 688. The third-order valence-electron chi connectivity index (χ3n) is 2.46. The average Bonchev–Trinajstić information content (AvgIpc) is 2.38. The Balaban J connectivity index is 2.30. The predicted octanol–water partition coefficient (Wildman–Crippen LogP) is 2.39. The van der Waals surface area contributed by atoms with Gasteiger partial charge in [0.15, 0.2) is 5.69 Å². The van der Waals surface area contributed by atoms with Crippen LogP contribution in [0.15, 0.2) is 36.5 Å². The first-order valence-corrected chi connectivity index (χ1v) is 5.85. The summed E-state index contributed by atoms with van der Waals surface area (Å²) in [6, 6.07) is 6.89. The number of aromatic hydroxyl groups is 1. The lowest BCUT2D eigenvalue weighted by Gasteiger charge is -2.08. The van der Waals surface area contributed by atoms with Crippen molar-refractivity contribution in [3.05, 3.63) is 52.8 Å². The molecular formula is C13H9ClN2O4. The van der Waals surface area contributed by atoms with Crippen molar-refractivity contribution in [2.24, 2.45) is 0 Å². The van der Waals surface area contributed by atoms with Crippen LogP contribution in [0.25, 0.3) is 0 Å². The first kappa shape index (κ1) is 13.8. The van der Waals surface area contributed by atoms with Gasteiger partial charge in [0.05, 0.1) is 11.3 Å². The second-order valence-electron chi connectivity index (χ2n) is 3.82. The molecule has 0 radical (unpaired) electrons. The molecule has 7 heteroatoms. The van der Waals surface area contributed by atoms with Gasteiger partial charge in [-0.05, 0) is 30.3 Å². The topological polar surface area (TPSA) is 99.5 Å². The number of carboxylic acids is 1. The van der Waals surface area contributed by atoms with Crippen LogP contribution in [0.1, 0.15) is 20.8 Å². The number of carbonyl (C=O) groups excluding carboxylic acids is 1. The highest BCUT2D eigenvalue weighted by molar-refractivity contribution is 6.31.